The SMILES string of the molecule is CCC1NC(C)(CC)C(=O)N1CC1(CC(C)C)CCCC1. The van der Waals surface area contributed by atoms with Crippen LogP contribution in [0.3, 0.4) is 0 Å². The van der Waals surface area contributed by atoms with Crippen molar-refractivity contribution in [3.63, 3.8) is 0 Å². The standard InChI is InChI=1S/C18H34N2O/c1-6-15-19-17(5,7-2)16(21)20(15)13-18(12-14(3)4)10-8-9-11-18/h14-15,19H,6-13H2,1-5H3. The Kier molecular flexibility index (Phi) is 5.02. The third-order valence-electron chi connectivity index (χ3n) is 5.70. The van der Waals surface area contributed by atoms with E-state index in [0.717, 1.165) is 19.4 Å². The molecule has 2 atom stereocenters. The Balaban J connectivity index is 2.17. The Hall–Kier alpha value is -0.570. The zero-order valence-electron chi connectivity index (χ0n) is 14.7. The van der Waals surface area contributed by atoms with E-state index in [0.29, 0.717) is 17.2 Å². The van der Waals surface area contributed by atoms with Gasteiger partial charge < -0.3 is 4.90 Å². The lowest BCUT2D eigenvalue weighted by Gasteiger charge is -2.37. The zero-order valence-corrected chi connectivity index (χ0v) is 14.7. The summed E-state index contributed by atoms with van der Waals surface area (Å²) in [4.78, 5) is 15.1. The molecule has 21 heavy (non-hydrogen) atoms. The Morgan fingerprint density at radius 2 is 1.90 bits per heavy atom. The summed E-state index contributed by atoms with van der Waals surface area (Å²) in [6.07, 6.45) is 8.63. The van der Waals surface area contributed by atoms with Gasteiger partial charge in [0.05, 0.1) is 11.7 Å². The van der Waals surface area contributed by atoms with Crippen LogP contribution in [0.5, 0.6) is 0 Å². The van der Waals surface area contributed by atoms with Gasteiger partial charge in [-0.2, -0.15) is 0 Å². The summed E-state index contributed by atoms with van der Waals surface area (Å²) in [6.45, 7) is 12.0. The Labute approximate surface area is 130 Å². The minimum absolute atomic E-state index is 0.229. The molecule has 0 aromatic rings. The molecule has 1 saturated heterocycles. The molecule has 1 heterocycles. The average molecular weight is 294 g/mol. The fourth-order valence-corrected chi connectivity index (χ4v) is 4.50. The number of rotatable bonds is 6. The van der Waals surface area contributed by atoms with Crippen LogP contribution in [0.4, 0.5) is 0 Å². The lowest BCUT2D eigenvalue weighted by molar-refractivity contribution is -0.134. The van der Waals surface area contributed by atoms with Gasteiger partial charge in [0.15, 0.2) is 0 Å². The molecule has 3 heteroatoms. The van der Waals surface area contributed by atoms with Gasteiger partial charge in [-0.25, -0.2) is 0 Å². The topological polar surface area (TPSA) is 32.3 Å². The highest BCUT2D eigenvalue weighted by molar-refractivity contribution is 5.88. The number of hydrogen-bond donors (Lipinski definition) is 1. The minimum Gasteiger partial charge on any atom is -0.325 e. The van der Waals surface area contributed by atoms with Gasteiger partial charge in [-0.1, -0.05) is 40.5 Å². The summed E-state index contributed by atoms with van der Waals surface area (Å²) in [6, 6.07) is 0. The van der Waals surface area contributed by atoms with Crippen molar-refractivity contribution in [1.82, 2.24) is 10.2 Å². The lowest BCUT2D eigenvalue weighted by atomic mass is 9.78. The van der Waals surface area contributed by atoms with Crippen molar-refractivity contribution >= 4 is 5.91 Å². The molecular weight excluding hydrogens is 260 g/mol. The monoisotopic (exact) mass is 294 g/mol. The molecule has 0 radical (unpaired) electrons. The van der Waals surface area contributed by atoms with Crippen molar-refractivity contribution in [3.05, 3.63) is 0 Å². The summed E-state index contributed by atoms with van der Waals surface area (Å²) in [5, 5.41) is 3.59. The second-order valence-corrected chi connectivity index (χ2v) is 7.99. The maximum absolute atomic E-state index is 12.9. The van der Waals surface area contributed by atoms with Crippen molar-refractivity contribution in [3.8, 4) is 0 Å². The van der Waals surface area contributed by atoms with Gasteiger partial charge in [0.25, 0.3) is 0 Å². The smallest absolute Gasteiger partial charge is 0.243 e. The highest BCUT2D eigenvalue weighted by Gasteiger charge is 2.49. The van der Waals surface area contributed by atoms with Gasteiger partial charge in [-0.3, -0.25) is 10.1 Å². The molecule has 0 aromatic carbocycles. The first-order valence-corrected chi connectivity index (χ1v) is 8.94. The molecule has 1 saturated carbocycles. The fourth-order valence-electron chi connectivity index (χ4n) is 4.50. The number of hydrogen-bond acceptors (Lipinski definition) is 2. The molecule has 2 unspecified atom stereocenters. The lowest BCUT2D eigenvalue weighted by Crippen LogP contribution is -2.45. The van der Waals surface area contributed by atoms with Crippen molar-refractivity contribution in [2.24, 2.45) is 11.3 Å². The summed E-state index contributed by atoms with van der Waals surface area (Å²) in [7, 11) is 0. The minimum atomic E-state index is -0.349. The molecule has 0 aromatic heterocycles. The summed E-state index contributed by atoms with van der Waals surface area (Å²) < 4.78 is 0. The first-order valence-electron chi connectivity index (χ1n) is 8.94. The molecule has 3 nitrogen and oxygen atoms in total. The van der Waals surface area contributed by atoms with Gasteiger partial charge in [-0.05, 0) is 50.4 Å². The molecule has 2 fully saturated rings. The van der Waals surface area contributed by atoms with Gasteiger partial charge in [0.1, 0.15) is 0 Å². The third-order valence-corrected chi connectivity index (χ3v) is 5.70. The van der Waals surface area contributed by atoms with E-state index in [9.17, 15) is 4.79 Å². The molecular formula is C18H34N2O. The van der Waals surface area contributed by atoms with Crippen LogP contribution in [0, 0.1) is 11.3 Å². The van der Waals surface area contributed by atoms with Crippen LogP contribution >= 0.6 is 0 Å². The van der Waals surface area contributed by atoms with Crippen molar-refractivity contribution in [2.75, 3.05) is 6.54 Å². The van der Waals surface area contributed by atoms with Gasteiger partial charge in [0.2, 0.25) is 5.91 Å². The van der Waals surface area contributed by atoms with Crippen LogP contribution in [-0.4, -0.2) is 29.1 Å². The predicted molar refractivity (Wildman–Crippen MR) is 88.0 cm³/mol. The third kappa shape index (κ3) is 3.28. The predicted octanol–water partition coefficient (Wildman–Crippen LogP) is 3.93. The van der Waals surface area contributed by atoms with Crippen LogP contribution in [-0.2, 0) is 4.79 Å². The molecule has 2 rings (SSSR count). The largest absolute Gasteiger partial charge is 0.325 e. The molecule has 122 valence electrons. The normalized spacial score (nSPS) is 32.4. The van der Waals surface area contributed by atoms with Gasteiger partial charge in [0, 0.05) is 6.54 Å². The van der Waals surface area contributed by atoms with Crippen LogP contribution < -0.4 is 5.32 Å². The maximum atomic E-state index is 12.9. The molecule has 1 N–H and O–H groups in total. The number of nitrogens with one attached hydrogen (secondary N) is 1. The highest BCUT2D eigenvalue weighted by Crippen LogP contribution is 2.45. The summed E-state index contributed by atoms with van der Waals surface area (Å²) in [5.41, 5.74) is 0.0240. The van der Waals surface area contributed by atoms with Gasteiger partial charge in [-0.15, -0.1) is 0 Å². The van der Waals surface area contributed by atoms with Crippen LogP contribution in [0.2, 0.25) is 0 Å². The number of nitrogens with zero attached hydrogens (tertiary/aromatic N) is 1. The Morgan fingerprint density at radius 3 is 2.38 bits per heavy atom. The second kappa shape index (κ2) is 6.28. The zero-order chi connectivity index (χ0) is 15.7. The van der Waals surface area contributed by atoms with E-state index in [2.05, 4.69) is 44.8 Å². The highest BCUT2D eigenvalue weighted by atomic mass is 16.2. The first-order chi connectivity index (χ1) is 9.86. The van der Waals surface area contributed by atoms with Crippen molar-refractivity contribution in [1.29, 1.82) is 0 Å². The Morgan fingerprint density at radius 1 is 1.29 bits per heavy atom. The van der Waals surface area contributed by atoms with E-state index in [1.54, 1.807) is 0 Å². The van der Waals surface area contributed by atoms with Gasteiger partial charge >= 0.3 is 0 Å². The van der Waals surface area contributed by atoms with E-state index in [1.807, 2.05) is 0 Å². The van der Waals surface area contributed by atoms with E-state index in [-0.39, 0.29) is 11.7 Å². The fraction of sp³-hybridized carbons (Fsp3) is 0.944. The molecule has 1 amide bonds. The number of carbonyl (C=O) groups is 1. The second-order valence-electron chi connectivity index (χ2n) is 7.99. The quantitative estimate of drug-likeness (QED) is 0.805. The van der Waals surface area contributed by atoms with Crippen LogP contribution in [0.25, 0.3) is 0 Å². The van der Waals surface area contributed by atoms with Crippen LogP contribution in [0.1, 0.15) is 79.6 Å². The molecule has 0 spiro atoms. The van der Waals surface area contributed by atoms with Crippen LogP contribution in [0.15, 0.2) is 0 Å². The molecule has 1 aliphatic heterocycles. The van der Waals surface area contributed by atoms with Crippen molar-refractivity contribution in [2.45, 2.75) is 91.3 Å². The van der Waals surface area contributed by atoms with E-state index in [1.165, 1.54) is 32.1 Å². The van der Waals surface area contributed by atoms with E-state index < -0.39 is 0 Å². The molecule has 1 aliphatic carbocycles. The van der Waals surface area contributed by atoms with E-state index in [4.69, 9.17) is 0 Å². The first kappa shape index (κ1) is 16.8. The molecule has 2 aliphatic rings. The average Bonchev–Trinajstić information content (AvgIpc) is 2.97. The summed E-state index contributed by atoms with van der Waals surface area (Å²) in [5.74, 6) is 1.04. The maximum Gasteiger partial charge on any atom is 0.243 e. The number of carbonyl (C=O) groups excluding carboxylic acids is 1. The van der Waals surface area contributed by atoms with E-state index >= 15 is 0 Å². The summed E-state index contributed by atoms with van der Waals surface area (Å²) >= 11 is 0. The Bertz CT molecular complexity index is 373. The van der Waals surface area contributed by atoms with Crippen molar-refractivity contribution < 1.29 is 4.79 Å². The molecule has 0 bridgehead atoms. The number of amides is 1.